The molecule has 6 nitrogen and oxygen atoms in total. The van der Waals surface area contributed by atoms with Gasteiger partial charge in [-0.1, -0.05) is 0 Å². The molecule has 0 saturated carbocycles. The third-order valence-electron chi connectivity index (χ3n) is 2.52. The Hall–Kier alpha value is -1.61. The lowest BCUT2D eigenvalue weighted by Gasteiger charge is -2.27. The number of aromatic nitrogens is 2. The fraction of sp³-hybridized carbons (Fsp3) is 0.600. The highest BCUT2D eigenvalue weighted by Crippen LogP contribution is 2.28. The molecule has 0 unspecified atom stereocenters. The molecule has 0 spiro atoms. The molecule has 0 radical (unpaired) electrons. The van der Waals surface area contributed by atoms with Crippen LogP contribution in [0, 0.1) is 0 Å². The zero-order valence-corrected chi connectivity index (χ0v) is 10.3. The van der Waals surface area contributed by atoms with Crippen molar-refractivity contribution in [1.82, 2.24) is 15.0 Å². The van der Waals surface area contributed by atoms with Crippen LogP contribution in [0.5, 0.6) is 0 Å². The summed E-state index contributed by atoms with van der Waals surface area (Å²) in [6.45, 7) is 2.23. The normalized spacial score (nSPS) is 17.3. The molecule has 2 rings (SSSR count). The Morgan fingerprint density at radius 2 is 1.84 bits per heavy atom. The summed E-state index contributed by atoms with van der Waals surface area (Å²) in [6.07, 6.45) is -4.58. The highest BCUT2D eigenvalue weighted by Gasteiger charge is 2.35. The lowest BCUT2D eigenvalue weighted by atomic mass is 10.4. The van der Waals surface area contributed by atoms with Gasteiger partial charge in [-0.05, 0) is 0 Å². The molecule has 0 amide bonds. The lowest BCUT2D eigenvalue weighted by Crippen LogP contribution is -2.40. The van der Waals surface area contributed by atoms with Gasteiger partial charge in [-0.25, -0.2) is 15.0 Å². The van der Waals surface area contributed by atoms with Gasteiger partial charge in [0, 0.05) is 26.2 Å². The SMILES string of the molecule is CNc1cc(NN2CCOCC2)nc(C(F)(F)F)n1. The first-order valence-electron chi connectivity index (χ1n) is 5.72. The van der Waals surface area contributed by atoms with Gasteiger partial charge in [-0.15, -0.1) is 0 Å². The topological polar surface area (TPSA) is 62.3 Å². The van der Waals surface area contributed by atoms with E-state index >= 15 is 0 Å². The standard InChI is InChI=1S/C10H14F3N5O/c1-14-7-6-8(16-9(15-7)10(11,12)13)17-18-2-4-19-5-3-18/h6H,2-5H2,1H3,(H2,14,15,16,17). The predicted molar refractivity (Wildman–Crippen MR) is 62.6 cm³/mol. The van der Waals surface area contributed by atoms with Crippen LogP contribution < -0.4 is 10.7 Å². The average molecular weight is 277 g/mol. The molecule has 0 atom stereocenters. The summed E-state index contributed by atoms with van der Waals surface area (Å²) in [6, 6.07) is 1.42. The molecule has 9 heteroatoms. The molecule has 1 fully saturated rings. The van der Waals surface area contributed by atoms with Gasteiger partial charge in [-0.2, -0.15) is 13.2 Å². The molecule has 1 aromatic rings. The number of morpholine rings is 1. The fourth-order valence-electron chi connectivity index (χ4n) is 1.60. The Labute approximate surface area is 107 Å². The van der Waals surface area contributed by atoms with Gasteiger partial charge in [0.15, 0.2) is 0 Å². The quantitative estimate of drug-likeness (QED) is 0.865. The van der Waals surface area contributed by atoms with Crippen molar-refractivity contribution in [2.24, 2.45) is 0 Å². The largest absolute Gasteiger partial charge is 0.451 e. The van der Waals surface area contributed by atoms with Crippen molar-refractivity contribution in [2.45, 2.75) is 6.18 Å². The van der Waals surface area contributed by atoms with Gasteiger partial charge in [0.2, 0.25) is 5.82 Å². The maximum atomic E-state index is 12.6. The number of hydrazine groups is 1. The minimum absolute atomic E-state index is 0.105. The van der Waals surface area contributed by atoms with E-state index in [9.17, 15) is 13.2 Å². The van der Waals surface area contributed by atoms with Crippen LogP contribution in [0.4, 0.5) is 24.8 Å². The van der Waals surface area contributed by atoms with E-state index in [0.717, 1.165) is 0 Å². The number of nitrogens with zero attached hydrogens (tertiary/aromatic N) is 3. The molecule has 19 heavy (non-hydrogen) atoms. The zero-order valence-electron chi connectivity index (χ0n) is 10.3. The minimum Gasteiger partial charge on any atom is -0.379 e. The molecule has 2 heterocycles. The first kappa shape index (κ1) is 13.8. The van der Waals surface area contributed by atoms with E-state index in [1.54, 1.807) is 5.01 Å². The summed E-state index contributed by atoms with van der Waals surface area (Å²) in [5.41, 5.74) is 2.83. The van der Waals surface area contributed by atoms with Gasteiger partial charge in [0.25, 0.3) is 0 Å². The van der Waals surface area contributed by atoms with Crippen molar-refractivity contribution < 1.29 is 17.9 Å². The van der Waals surface area contributed by atoms with E-state index in [4.69, 9.17) is 4.74 Å². The van der Waals surface area contributed by atoms with E-state index in [2.05, 4.69) is 20.7 Å². The van der Waals surface area contributed by atoms with Crippen molar-refractivity contribution in [1.29, 1.82) is 0 Å². The third-order valence-corrected chi connectivity index (χ3v) is 2.52. The maximum Gasteiger partial charge on any atom is 0.451 e. The zero-order chi connectivity index (χ0) is 13.9. The van der Waals surface area contributed by atoms with Crippen molar-refractivity contribution in [2.75, 3.05) is 44.1 Å². The molecule has 1 aliphatic rings. The molecule has 1 saturated heterocycles. The number of ether oxygens (including phenoxy) is 1. The molecule has 1 aromatic heterocycles. The highest BCUT2D eigenvalue weighted by atomic mass is 19.4. The number of hydrogen-bond acceptors (Lipinski definition) is 6. The molecule has 0 aliphatic carbocycles. The maximum absolute atomic E-state index is 12.6. The number of rotatable bonds is 3. The van der Waals surface area contributed by atoms with Gasteiger partial charge < -0.3 is 15.5 Å². The second kappa shape index (κ2) is 5.57. The Bertz CT molecular complexity index is 434. The molecule has 106 valence electrons. The fourth-order valence-corrected chi connectivity index (χ4v) is 1.60. The number of hydrogen-bond donors (Lipinski definition) is 2. The van der Waals surface area contributed by atoms with Gasteiger partial charge in [0.05, 0.1) is 13.2 Å². The minimum atomic E-state index is -4.58. The van der Waals surface area contributed by atoms with Crippen LogP contribution in [0.25, 0.3) is 0 Å². The van der Waals surface area contributed by atoms with Crippen molar-refractivity contribution >= 4 is 11.6 Å². The Balaban J connectivity index is 2.19. The molecule has 1 aliphatic heterocycles. The van der Waals surface area contributed by atoms with Gasteiger partial charge >= 0.3 is 6.18 Å². The van der Waals surface area contributed by atoms with Crippen LogP contribution in [0.15, 0.2) is 6.07 Å². The van der Waals surface area contributed by atoms with Crippen LogP contribution in [-0.2, 0) is 10.9 Å². The summed E-state index contributed by atoms with van der Waals surface area (Å²) in [7, 11) is 1.50. The molecular formula is C10H14F3N5O. The van der Waals surface area contributed by atoms with Crippen LogP contribution in [0.2, 0.25) is 0 Å². The van der Waals surface area contributed by atoms with E-state index < -0.39 is 12.0 Å². The first-order valence-corrected chi connectivity index (χ1v) is 5.72. The summed E-state index contributed by atoms with van der Waals surface area (Å²) < 4.78 is 43.1. The van der Waals surface area contributed by atoms with Crippen LogP contribution in [0.1, 0.15) is 5.82 Å². The van der Waals surface area contributed by atoms with Gasteiger partial charge in [0.1, 0.15) is 11.6 Å². The smallest absolute Gasteiger partial charge is 0.379 e. The second-order valence-electron chi connectivity index (χ2n) is 3.92. The molecule has 0 aromatic carbocycles. The van der Waals surface area contributed by atoms with Gasteiger partial charge in [-0.3, -0.25) is 0 Å². The summed E-state index contributed by atoms with van der Waals surface area (Å²) >= 11 is 0. The predicted octanol–water partition coefficient (Wildman–Crippen LogP) is 1.20. The molecule has 0 bridgehead atoms. The Morgan fingerprint density at radius 1 is 1.21 bits per heavy atom. The third kappa shape index (κ3) is 3.67. The monoisotopic (exact) mass is 277 g/mol. The highest BCUT2D eigenvalue weighted by molar-refractivity contribution is 5.47. The van der Waals surface area contributed by atoms with Crippen molar-refractivity contribution in [3.63, 3.8) is 0 Å². The lowest BCUT2D eigenvalue weighted by molar-refractivity contribution is -0.144. The van der Waals surface area contributed by atoms with Crippen LogP contribution in [-0.4, -0.2) is 48.3 Å². The number of halogens is 3. The van der Waals surface area contributed by atoms with Crippen LogP contribution >= 0.6 is 0 Å². The Morgan fingerprint density at radius 3 is 2.42 bits per heavy atom. The van der Waals surface area contributed by atoms with Crippen molar-refractivity contribution in [3.8, 4) is 0 Å². The van der Waals surface area contributed by atoms with Crippen LogP contribution in [0.3, 0.4) is 0 Å². The number of nitrogens with one attached hydrogen (secondary N) is 2. The van der Waals surface area contributed by atoms with Crippen molar-refractivity contribution in [3.05, 3.63) is 11.9 Å². The summed E-state index contributed by atoms with van der Waals surface area (Å²) in [5, 5.41) is 4.34. The Kier molecular flexibility index (Phi) is 4.05. The van der Waals surface area contributed by atoms with E-state index in [1.165, 1.54) is 13.1 Å². The van der Waals surface area contributed by atoms with E-state index in [-0.39, 0.29) is 11.6 Å². The molecular weight excluding hydrogens is 263 g/mol. The number of alkyl halides is 3. The molecule has 2 N–H and O–H groups in total. The summed E-state index contributed by atoms with van der Waals surface area (Å²) in [5.74, 6) is -0.957. The first-order chi connectivity index (χ1) is 8.99. The second-order valence-corrected chi connectivity index (χ2v) is 3.92. The summed E-state index contributed by atoms with van der Waals surface area (Å²) in [4.78, 5) is 6.86. The average Bonchev–Trinajstić information content (AvgIpc) is 2.38. The number of anilines is 2. The van der Waals surface area contributed by atoms with E-state index in [1.807, 2.05) is 0 Å². The van der Waals surface area contributed by atoms with E-state index in [0.29, 0.717) is 26.3 Å².